The number of aliphatic hydroxyl groups excluding tert-OH is 1. The number of likely N-dealkylation sites (N-methyl/N-ethyl adjacent to an activating group) is 1. The Morgan fingerprint density at radius 3 is 1.76 bits per heavy atom. The van der Waals surface area contributed by atoms with Gasteiger partial charge in [-0.15, -0.1) is 0 Å². The molecule has 104 valence electrons. The van der Waals surface area contributed by atoms with Gasteiger partial charge in [-0.2, -0.15) is 0 Å². The number of rotatable bonds is 9. The highest BCUT2D eigenvalue weighted by Crippen LogP contribution is 2.29. The highest BCUT2D eigenvalue weighted by molar-refractivity contribution is 4.92. The quantitative estimate of drug-likeness (QED) is 0.667. The lowest BCUT2D eigenvalue weighted by Gasteiger charge is -2.44. The first-order valence-corrected chi connectivity index (χ1v) is 7.43. The van der Waals surface area contributed by atoms with E-state index in [1.807, 2.05) is 0 Å². The van der Waals surface area contributed by atoms with E-state index in [9.17, 15) is 5.11 Å². The highest BCUT2D eigenvalue weighted by Gasteiger charge is 2.36. The SMILES string of the molecule is CCC(CC)CC(O)C(C)(CC)N(CC)CC. The van der Waals surface area contributed by atoms with Gasteiger partial charge in [-0.25, -0.2) is 0 Å². The molecule has 0 aromatic carbocycles. The van der Waals surface area contributed by atoms with Gasteiger partial charge < -0.3 is 5.11 Å². The molecule has 2 nitrogen and oxygen atoms in total. The minimum atomic E-state index is -0.211. The average Bonchev–Trinajstić information content (AvgIpc) is 2.36. The average molecular weight is 243 g/mol. The Bertz CT molecular complexity index is 187. The van der Waals surface area contributed by atoms with Crippen molar-refractivity contribution in [2.45, 2.75) is 78.9 Å². The molecule has 0 spiro atoms. The van der Waals surface area contributed by atoms with Gasteiger partial charge in [0.2, 0.25) is 0 Å². The van der Waals surface area contributed by atoms with Gasteiger partial charge in [-0.05, 0) is 38.8 Å². The summed E-state index contributed by atoms with van der Waals surface area (Å²) in [5, 5.41) is 10.6. The second-order valence-corrected chi connectivity index (χ2v) is 5.32. The second kappa shape index (κ2) is 8.10. The van der Waals surface area contributed by atoms with E-state index < -0.39 is 0 Å². The normalized spacial score (nSPS) is 17.5. The monoisotopic (exact) mass is 243 g/mol. The largest absolute Gasteiger partial charge is 0.391 e. The number of hydrogen-bond acceptors (Lipinski definition) is 2. The minimum absolute atomic E-state index is 0.0634. The fraction of sp³-hybridized carbons (Fsp3) is 1.00. The van der Waals surface area contributed by atoms with Gasteiger partial charge in [0, 0.05) is 5.54 Å². The lowest BCUT2D eigenvalue weighted by atomic mass is 9.82. The van der Waals surface area contributed by atoms with Gasteiger partial charge in [0.1, 0.15) is 0 Å². The van der Waals surface area contributed by atoms with E-state index in [2.05, 4.69) is 46.4 Å². The molecule has 0 heterocycles. The van der Waals surface area contributed by atoms with Crippen LogP contribution in [0.15, 0.2) is 0 Å². The molecule has 2 unspecified atom stereocenters. The van der Waals surface area contributed by atoms with E-state index in [0.717, 1.165) is 25.9 Å². The first-order chi connectivity index (χ1) is 7.99. The number of aliphatic hydroxyl groups is 1. The van der Waals surface area contributed by atoms with E-state index >= 15 is 0 Å². The summed E-state index contributed by atoms with van der Waals surface area (Å²) >= 11 is 0. The van der Waals surface area contributed by atoms with Gasteiger partial charge in [0.05, 0.1) is 6.10 Å². The maximum Gasteiger partial charge on any atom is 0.0723 e. The van der Waals surface area contributed by atoms with Crippen LogP contribution in [-0.2, 0) is 0 Å². The molecule has 2 heteroatoms. The molecule has 0 saturated carbocycles. The van der Waals surface area contributed by atoms with Crippen molar-refractivity contribution in [1.82, 2.24) is 4.90 Å². The van der Waals surface area contributed by atoms with Gasteiger partial charge in [0.15, 0.2) is 0 Å². The fourth-order valence-corrected chi connectivity index (χ4v) is 2.81. The summed E-state index contributed by atoms with van der Waals surface area (Å²) in [5.74, 6) is 0.659. The van der Waals surface area contributed by atoms with Crippen LogP contribution < -0.4 is 0 Å². The standard InChI is InChI=1S/C15H33NO/c1-7-13(8-2)12-14(17)15(6,9-3)16(10-4)11-5/h13-14,17H,7-12H2,1-6H3. The van der Waals surface area contributed by atoms with Crippen molar-refractivity contribution in [3.63, 3.8) is 0 Å². The van der Waals surface area contributed by atoms with Crippen LogP contribution in [0.3, 0.4) is 0 Å². The molecule has 0 bridgehead atoms. The zero-order valence-corrected chi connectivity index (χ0v) is 12.8. The second-order valence-electron chi connectivity index (χ2n) is 5.32. The molecule has 0 aliphatic rings. The summed E-state index contributed by atoms with van der Waals surface area (Å²) in [7, 11) is 0. The number of nitrogens with zero attached hydrogens (tertiary/aromatic N) is 1. The third-order valence-electron chi connectivity index (χ3n) is 4.63. The molecule has 0 aliphatic heterocycles. The molecule has 1 N–H and O–H groups in total. The Balaban J connectivity index is 4.71. The molecular weight excluding hydrogens is 210 g/mol. The van der Waals surface area contributed by atoms with Gasteiger partial charge >= 0.3 is 0 Å². The van der Waals surface area contributed by atoms with Crippen LogP contribution in [0.2, 0.25) is 0 Å². The van der Waals surface area contributed by atoms with Crippen LogP contribution >= 0.6 is 0 Å². The van der Waals surface area contributed by atoms with Gasteiger partial charge in [-0.1, -0.05) is 47.5 Å². The summed E-state index contributed by atoms with van der Waals surface area (Å²) in [6.45, 7) is 15.2. The summed E-state index contributed by atoms with van der Waals surface area (Å²) in [6, 6.07) is 0. The molecule has 0 aromatic heterocycles. The summed E-state index contributed by atoms with van der Waals surface area (Å²) in [5.41, 5.74) is -0.0634. The Morgan fingerprint density at radius 1 is 1.00 bits per heavy atom. The molecule has 17 heavy (non-hydrogen) atoms. The molecular formula is C15H33NO. The first kappa shape index (κ1) is 16.9. The number of hydrogen-bond donors (Lipinski definition) is 1. The smallest absolute Gasteiger partial charge is 0.0723 e. The Kier molecular flexibility index (Phi) is 8.06. The molecule has 0 rings (SSSR count). The predicted octanol–water partition coefficient (Wildman–Crippen LogP) is 3.68. The van der Waals surface area contributed by atoms with Crippen LogP contribution in [0, 0.1) is 5.92 Å². The van der Waals surface area contributed by atoms with E-state index in [1.54, 1.807) is 0 Å². The molecule has 2 atom stereocenters. The third kappa shape index (κ3) is 4.26. The van der Waals surface area contributed by atoms with Crippen molar-refractivity contribution in [3.05, 3.63) is 0 Å². The molecule has 0 saturated heterocycles. The lowest BCUT2D eigenvalue weighted by Crippen LogP contribution is -2.54. The van der Waals surface area contributed by atoms with Crippen LogP contribution in [-0.4, -0.2) is 34.7 Å². The summed E-state index contributed by atoms with van der Waals surface area (Å²) < 4.78 is 0. The van der Waals surface area contributed by atoms with E-state index in [0.29, 0.717) is 5.92 Å². The Labute approximate surface area is 108 Å². The molecule has 0 aromatic rings. The van der Waals surface area contributed by atoms with Crippen molar-refractivity contribution in [2.75, 3.05) is 13.1 Å². The zero-order valence-electron chi connectivity index (χ0n) is 12.8. The van der Waals surface area contributed by atoms with Crippen molar-refractivity contribution in [3.8, 4) is 0 Å². The van der Waals surface area contributed by atoms with E-state index in [1.165, 1.54) is 12.8 Å². The van der Waals surface area contributed by atoms with Crippen molar-refractivity contribution in [1.29, 1.82) is 0 Å². The van der Waals surface area contributed by atoms with Crippen LogP contribution in [0.4, 0.5) is 0 Å². The van der Waals surface area contributed by atoms with Gasteiger partial charge in [0.25, 0.3) is 0 Å². The van der Waals surface area contributed by atoms with Crippen LogP contribution in [0.5, 0.6) is 0 Å². The molecule has 0 amide bonds. The van der Waals surface area contributed by atoms with Crippen molar-refractivity contribution in [2.24, 2.45) is 5.92 Å². The van der Waals surface area contributed by atoms with Gasteiger partial charge in [-0.3, -0.25) is 4.90 Å². The van der Waals surface area contributed by atoms with E-state index in [4.69, 9.17) is 0 Å². The third-order valence-corrected chi connectivity index (χ3v) is 4.63. The first-order valence-electron chi connectivity index (χ1n) is 7.43. The summed E-state index contributed by atoms with van der Waals surface area (Å²) in [4.78, 5) is 2.40. The molecule has 0 fully saturated rings. The van der Waals surface area contributed by atoms with Crippen molar-refractivity contribution < 1.29 is 5.11 Å². The van der Waals surface area contributed by atoms with E-state index in [-0.39, 0.29) is 11.6 Å². The highest BCUT2D eigenvalue weighted by atomic mass is 16.3. The Morgan fingerprint density at radius 2 is 1.47 bits per heavy atom. The minimum Gasteiger partial charge on any atom is -0.391 e. The zero-order chi connectivity index (χ0) is 13.5. The summed E-state index contributed by atoms with van der Waals surface area (Å²) in [6.07, 6.45) is 4.08. The molecule has 0 radical (unpaired) electrons. The topological polar surface area (TPSA) is 23.5 Å². The predicted molar refractivity (Wildman–Crippen MR) is 76.3 cm³/mol. The molecule has 0 aliphatic carbocycles. The van der Waals surface area contributed by atoms with Crippen LogP contribution in [0.1, 0.15) is 67.2 Å². The maximum absolute atomic E-state index is 10.6. The Hall–Kier alpha value is -0.0800. The lowest BCUT2D eigenvalue weighted by molar-refractivity contribution is -0.0320. The van der Waals surface area contributed by atoms with Crippen LogP contribution in [0.25, 0.3) is 0 Å². The van der Waals surface area contributed by atoms with Crippen molar-refractivity contribution >= 4 is 0 Å². The maximum atomic E-state index is 10.6. The fourth-order valence-electron chi connectivity index (χ4n) is 2.81.